The standard InChI is InChI=1S/C24H17Cl2NO/c25-19-12-10-17(14-20(19)26)24-27-23(16-7-2-1-3-8-16)22-18-9-5-4-6-15(18)11-13-21(22)28-24/h1-14,23-24,27H. The van der Waals surface area contributed by atoms with Crippen molar-refractivity contribution in [3.8, 4) is 5.75 Å². The molecule has 28 heavy (non-hydrogen) atoms. The van der Waals surface area contributed by atoms with Gasteiger partial charge in [-0.1, -0.05) is 89.9 Å². The van der Waals surface area contributed by atoms with Gasteiger partial charge in [0.05, 0.1) is 16.1 Å². The first kappa shape index (κ1) is 17.6. The van der Waals surface area contributed by atoms with Gasteiger partial charge in [-0.2, -0.15) is 0 Å². The summed E-state index contributed by atoms with van der Waals surface area (Å²) in [6.07, 6.45) is -0.325. The average molecular weight is 406 g/mol. The van der Waals surface area contributed by atoms with Gasteiger partial charge in [0.15, 0.2) is 6.23 Å². The van der Waals surface area contributed by atoms with Gasteiger partial charge in [0.2, 0.25) is 0 Å². The lowest BCUT2D eigenvalue weighted by Gasteiger charge is -2.35. The predicted octanol–water partition coefficient (Wildman–Crippen LogP) is 6.92. The number of benzene rings is 4. The van der Waals surface area contributed by atoms with Gasteiger partial charge >= 0.3 is 0 Å². The minimum atomic E-state index is -0.325. The van der Waals surface area contributed by atoms with Crippen LogP contribution in [-0.2, 0) is 0 Å². The molecule has 1 aliphatic heterocycles. The Morgan fingerprint density at radius 3 is 2.32 bits per heavy atom. The molecule has 0 saturated heterocycles. The van der Waals surface area contributed by atoms with E-state index in [4.69, 9.17) is 27.9 Å². The van der Waals surface area contributed by atoms with Crippen LogP contribution in [0.1, 0.15) is 29.0 Å². The highest BCUT2D eigenvalue weighted by atomic mass is 35.5. The first-order chi connectivity index (χ1) is 13.7. The Labute approximate surface area is 173 Å². The van der Waals surface area contributed by atoms with E-state index in [1.54, 1.807) is 6.07 Å². The van der Waals surface area contributed by atoms with E-state index in [0.717, 1.165) is 16.9 Å². The van der Waals surface area contributed by atoms with Crippen LogP contribution in [0.5, 0.6) is 5.75 Å². The SMILES string of the molecule is Clc1ccc(C2NC(c3ccccc3)c3c(ccc4ccccc34)O2)cc1Cl. The first-order valence-electron chi connectivity index (χ1n) is 9.15. The Morgan fingerprint density at radius 1 is 0.714 bits per heavy atom. The molecular formula is C24H17Cl2NO. The Morgan fingerprint density at radius 2 is 1.50 bits per heavy atom. The Kier molecular flexibility index (Phi) is 4.48. The van der Waals surface area contributed by atoms with Crippen molar-refractivity contribution in [3.05, 3.63) is 112 Å². The number of hydrogen-bond donors (Lipinski definition) is 1. The maximum absolute atomic E-state index is 6.36. The zero-order chi connectivity index (χ0) is 19.1. The van der Waals surface area contributed by atoms with Crippen LogP contribution in [0.25, 0.3) is 10.8 Å². The molecule has 2 nitrogen and oxygen atoms in total. The summed E-state index contributed by atoms with van der Waals surface area (Å²) in [6.45, 7) is 0. The lowest BCUT2D eigenvalue weighted by atomic mass is 9.91. The van der Waals surface area contributed by atoms with Crippen LogP contribution in [0.4, 0.5) is 0 Å². The average Bonchev–Trinajstić information content (AvgIpc) is 2.75. The van der Waals surface area contributed by atoms with Crippen molar-refractivity contribution in [2.75, 3.05) is 0 Å². The van der Waals surface area contributed by atoms with E-state index in [9.17, 15) is 0 Å². The molecule has 0 amide bonds. The maximum atomic E-state index is 6.36. The zero-order valence-electron chi connectivity index (χ0n) is 14.9. The highest BCUT2D eigenvalue weighted by molar-refractivity contribution is 6.42. The zero-order valence-corrected chi connectivity index (χ0v) is 16.4. The highest BCUT2D eigenvalue weighted by Crippen LogP contribution is 2.43. The number of fused-ring (bicyclic) bond motifs is 3. The summed E-state index contributed by atoms with van der Waals surface area (Å²) in [7, 11) is 0. The summed E-state index contributed by atoms with van der Waals surface area (Å²) >= 11 is 12.3. The fourth-order valence-corrected chi connectivity index (χ4v) is 4.13. The third-order valence-electron chi connectivity index (χ3n) is 5.16. The summed E-state index contributed by atoms with van der Waals surface area (Å²) in [5.41, 5.74) is 3.28. The summed E-state index contributed by atoms with van der Waals surface area (Å²) in [5.74, 6) is 0.877. The van der Waals surface area contributed by atoms with Gasteiger partial charge in [0, 0.05) is 11.1 Å². The maximum Gasteiger partial charge on any atom is 0.177 e. The van der Waals surface area contributed by atoms with Crippen molar-refractivity contribution >= 4 is 34.0 Å². The fourth-order valence-electron chi connectivity index (χ4n) is 3.82. The van der Waals surface area contributed by atoms with E-state index in [1.165, 1.54) is 16.3 Å². The molecule has 1 aliphatic rings. The van der Waals surface area contributed by atoms with Crippen molar-refractivity contribution in [2.45, 2.75) is 12.3 Å². The summed E-state index contributed by atoms with van der Waals surface area (Å²) in [5, 5.41) is 7.09. The summed E-state index contributed by atoms with van der Waals surface area (Å²) < 4.78 is 6.36. The lowest BCUT2D eigenvalue weighted by Crippen LogP contribution is -2.35. The molecule has 4 aromatic carbocycles. The van der Waals surface area contributed by atoms with Crippen molar-refractivity contribution in [1.82, 2.24) is 5.32 Å². The second-order valence-corrected chi connectivity index (χ2v) is 7.69. The predicted molar refractivity (Wildman–Crippen MR) is 115 cm³/mol. The third kappa shape index (κ3) is 3.04. The molecule has 0 aromatic heterocycles. The van der Waals surface area contributed by atoms with Gasteiger partial charge in [-0.3, -0.25) is 5.32 Å². The van der Waals surface area contributed by atoms with Crippen molar-refractivity contribution < 1.29 is 4.74 Å². The van der Waals surface area contributed by atoms with Crippen LogP contribution in [0.3, 0.4) is 0 Å². The summed E-state index contributed by atoms with van der Waals surface area (Å²) in [4.78, 5) is 0. The van der Waals surface area contributed by atoms with Crippen LogP contribution in [0, 0.1) is 0 Å². The van der Waals surface area contributed by atoms with Gasteiger partial charge in [0.1, 0.15) is 5.75 Å². The minimum absolute atomic E-state index is 0.00416. The van der Waals surface area contributed by atoms with Gasteiger partial charge in [-0.15, -0.1) is 0 Å². The van der Waals surface area contributed by atoms with Gasteiger partial charge in [0.25, 0.3) is 0 Å². The molecule has 2 atom stereocenters. The molecule has 0 spiro atoms. The molecule has 2 unspecified atom stereocenters. The quantitative estimate of drug-likeness (QED) is 0.390. The van der Waals surface area contributed by atoms with Crippen molar-refractivity contribution in [1.29, 1.82) is 0 Å². The Hall–Kier alpha value is -2.52. The smallest absolute Gasteiger partial charge is 0.177 e. The molecule has 5 rings (SSSR count). The molecule has 138 valence electrons. The molecule has 1 heterocycles. The number of hydrogen-bond acceptors (Lipinski definition) is 2. The topological polar surface area (TPSA) is 21.3 Å². The van der Waals surface area contributed by atoms with E-state index in [2.05, 4.69) is 66.0 Å². The van der Waals surface area contributed by atoms with E-state index in [1.807, 2.05) is 18.2 Å². The molecule has 0 bridgehead atoms. The van der Waals surface area contributed by atoms with Gasteiger partial charge in [-0.05, 0) is 34.5 Å². The second-order valence-electron chi connectivity index (χ2n) is 6.88. The number of nitrogens with one attached hydrogen (secondary N) is 1. The monoisotopic (exact) mass is 405 g/mol. The lowest BCUT2D eigenvalue weighted by molar-refractivity contribution is 0.134. The molecule has 0 saturated carbocycles. The summed E-state index contributed by atoms with van der Waals surface area (Å²) in [6, 6.07) is 28.6. The van der Waals surface area contributed by atoms with E-state index >= 15 is 0 Å². The molecule has 1 N–H and O–H groups in total. The van der Waals surface area contributed by atoms with Crippen LogP contribution >= 0.6 is 23.2 Å². The molecule has 0 radical (unpaired) electrons. The molecule has 4 heteroatoms. The third-order valence-corrected chi connectivity index (χ3v) is 5.90. The normalized spacial score (nSPS) is 18.5. The fraction of sp³-hybridized carbons (Fsp3) is 0.0833. The second kappa shape index (κ2) is 7.14. The number of halogens is 2. The van der Waals surface area contributed by atoms with E-state index < -0.39 is 0 Å². The van der Waals surface area contributed by atoms with Gasteiger partial charge < -0.3 is 4.74 Å². The van der Waals surface area contributed by atoms with Crippen LogP contribution in [-0.4, -0.2) is 0 Å². The molecular weight excluding hydrogens is 389 g/mol. The van der Waals surface area contributed by atoms with Crippen LogP contribution in [0.2, 0.25) is 10.0 Å². The minimum Gasteiger partial charge on any atom is -0.471 e. The Balaban J connectivity index is 1.68. The van der Waals surface area contributed by atoms with Crippen molar-refractivity contribution in [3.63, 3.8) is 0 Å². The van der Waals surface area contributed by atoms with Crippen LogP contribution in [0.15, 0.2) is 84.9 Å². The number of rotatable bonds is 2. The molecule has 4 aromatic rings. The largest absolute Gasteiger partial charge is 0.471 e. The van der Waals surface area contributed by atoms with Crippen LogP contribution < -0.4 is 10.1 Å². The highest BCUT2D eigenvalue weighted by Gasteiger charge is 2.31. The molecule has 0 fully saturated rings. The van der Waals surface area contributed by atoms with Gasteiger partial charge in [-0.25, -0.2) is 0 Å². The molecule has 0 aliphatic carbocycles. The van der Waals surface area contributed by atoms with E-state index in [0.29, 0.717) is 10.0 Å². The van der Waals surface area contributed by atoms with E-state index in [-0.39, 0.29) is 12.3 Å². The first-order valence-corrected chi connectivity index (χ1v) is 9.90. The van der Waals surface area contributed by atoms with Crippen molar-refractivity contribution in [2.24, 2.45) is 0 Å². The Bertz CT molecular complexity index is 1160. The number of ether oxygens (including phenoxy) is 1.